The fourth-order valence-electron chi connectivity index (χ4n) is 3.13. The van der Waals surface area contributed by atoms with E-state index in [1.54, 1.807) is 49.4 Å². The summed E-state index contributed by atoms with van der Waals surface area (Å²) in [6.45, 7) is 1.76. The van der Waals surface area contributed by atoms with Crippen LogP contribution in [0.25, 0.3) is 16.6 Å². The molecule has 1 heterocycles. The number of hydrogen-bond acceptors (Lipinski definition) is 3. The largest absolute Gasteiger partial charge is 0.323 e. The number of nitrogens with one attached hydrogen (secondary N) is 2. The van der Waals surface area contributed by atoms with E-state index in [2.05, 4.69) is 15.6 Å². The first-order valence-corrected chi connectivity index (χ1v) is 9.42. The number of aryl methyl sites for hydroxylation is 1. The van der Waals surface area contributed by atoms with Gasteiger partial charge in [0.25, 0.3) is 5.56 Å². The van der Waals surface area contributed by atoms with E-state index in [0.717, 1.165) is 0 Å². The summed E-state index contributed by atoms with van der Waals surface area (Å²) in [6, 6.07) is 17.3. The van der Waals surface area contributed by atoms with Crippen molar-refractivity contribution in [2.24, 2.45) is 0 Å². The summed E-state index contributed by atoms with van der Waals surface area (Å²) in [5.74, 6) is -0.0852. The number of benzene rings is 3. The molecular formula is C22H16ClFN4O2. The first-order chi connectivity index (χ1) is 14.4. The average Bonchev–Trinajstić information content (AvgIpc) is 2.72. The Balaban J connectivity index is 1.57. The molecule has 2 N–H and O–H groups in total. The molecule has 0 atom stereocenters. The molecule has 0 radical (unpaired) electrons. The maximum Gasteiger partial charge on any atom is 0.323 e. The van der Waals surface area contributed by atoms with Gasteiger partial charge in [-0.15, -0.1) is 0 Å². The highest BCUT2D eigenvalue weighted by molar-refractivity contribution is 6.33. The average molecular weight is 423 g/mol. The zero-order valence-corrected chi connectivity index (χ0v) is 16.6. The highest BCUT2D eigenvalue weighted by atomic mass is 35.5. The minimum Gasteiger partial charge on any atom is -0.308 e. The molecule has 0 saturated carbocycles. The van der Waals surface area contributed by atoms with Gasteiger partial charge in [-0.2, -0.15) is 0 Å². The second-order valence-electron chi connectivity index (χ2n) is 6.54. The summed E-state index contributed by atoms with van der Waals surface area (Å²) >= 11 is 5.92. The van der Waals surface area contributed by atoms with Gasteiger partial charge in [-0.1, -0.05) is 29.8 Å². The van der Waals surface area contributed by atoms with Gasteiger partial charge in [0.05, 0.1) is 27.3 Å². The molecule has 0 bridgehead atoms. The van der Waals surface area contributed by atoms with Gasteiger partial charge in [0.1, 0.15) is 11.6 Å². The first-order valence-electron chi connectivity index (χ1n) is 9.05. The summed E-state index contributed by atoms with van der Waals surface area (Å²) in [7, 11) is 0. The van der Waals surface area contributed by atoms with E-state index in [1.807, 2.05) is 6.07 Å². The molecule has 0 saturated heterocycles. The third kappa shape index (κ3) is 3.75. The molecule has 0 unspecified atom stereocenters. The molecule has 6 nitrogen and oxygen atoms in total. The lowest BCUT2D eigenvalue weighted by atomic mass is 10.2. The van der Waals surface area contributed by atoms with Gasteiger partial charge >= 0.3 is 6.03 Å². The van der Waals surface area contributed by atoms with Gasteiger partial charge < -0.3 is 10.6 Å². The van der Waals surface area contributed by atoms with E-state index >= 15 is 0 Å². The van der Waals surface area contributed by atoms with Gasteiger partial charge in [-0.3, -0.25) is 9.36 Å². The van der Waals surface area contributed by atoms with Crippen LogP contribution in [0.3, 0.4) is 0 Å². The van der Waals surface area contributed by atoms with Crippen molar-refractivity contribution in [2.75, 3.05) is 10.6 Å². The van der Waals surface area contributed by atoms with E-state index in [0.29, 0.717) is 28.1 Å². The van der Waals surface area contributed by atoms with E-state index in [4.69, 9.17) is 11.6 Å². The Bertz CT molecular complexity index is 1300. The van der Waals surface area contributed by atoms with Crippen molar-refractivity contribution >= 4 is 39.9 Å². The molecule has 0 aliphatic heterocycles. The number of anilines is 2. The van der Waals surface area contributed by atoms with E-state index in [9.17, 15) is 14.0 Å². The maximum absolute atomic E-state index is 13.8. The van der Waals surface area contributed by atoms with Crippen LogP contribution >= 0.6 is 11.6 Å². The number of hydrogen-bond donors (Lipinski definition) is 2. The predicted molar refractivity (Wildman–Crippen MR) is 116 cm³/mol. The van der Waals surface area contributed by atoms with Gasteiger partial charge in [-0.05, 0) is 55.5 Å². The number of carbonyl (C=O) groups excluding carboxylic acids is 1. The van der Waals surface area contributed by atoms with Crippen molar-refractivity contribution in [1.29, 1.82) is 0 Å². The van der Waals surface area contributed by atoms with Crippen LogP contribution in [-0.2, 0) is 0 Å². The topological polar surface area (TPSA) is 76.0 Å². The summed E-state index contributed by atoms with van der Waals surface area (Å²) in [5, 5.41) is 5.61. The Morgan fingerprint density at radius 2 is 1.73 bits per heavy atom. The molecule has 4 aromatic rings. The van der Waals surface area contributed by atoms with Crippen LogP contribution in [0.1, 0.15) is 5.82 Å². The zero-order valence-electron chi connectivity index (χ0n) is 15.8. The number of carbonyl (C=O) groups is 1. The number of para-hydroxylation sites is 2. The van der Waals surface area contributed by atoms with E-state index in [1.165, 1.54) is 22.8 Å². The molecule has 0 aliphatic carbocycles. The summed E-state index contributed by atoms with van der Waals surface area (Å²) in [5.41, 5.74) is 1.43. The minimum absolute atomic E-state index is 0.0964. The monoisotopic (exact) mass is 422 g/mol. The lowest BCUT2D eigenvalue weighted by Crippen LogP contribution is -2.22. The zero-order chi connectivity index (χ0) is 21.3. The van der Waals surface area contributed by atoms with Crippen LogP contribution in [-0.4, -0.2) is 15.6 Å². The van der Waals surface area contributed by atoms with Crippen LogP contribution in [0.15, 0.2) is 71.5 Å². The molecule has 150 valence electrons. The first kappa shape index (κ1) is 19.6. The van der Waals surface area contributed by atoms with Crippen molar-refractivity contribution in [3.8, 4) is 5.69 Å². The van der Waals surface area contributed by atoms with Crippen molar-refractivity contribution in [3.05, 3.63) is 93.7 Å². The van der Waals surface area contributed by atoms with Gasteiger partial charge in [0.15, 0.2) is 0 Å². The van der Waals surface area contributed by atoms with Crippen LogP contribution < -0.4 is 16.2 Å². The van der Waals surface area contributed by atoms with Gasteiger partial charge in [0, 0.05) is 5.69 Å². The lowest BCUT2D eigenvalue weighted by Gasteiger charge is -2.12. The third-order valence-electron chi connectivity index (χ3n) is 4.53. The van der Waals surface area contributed by atoms with Crippen LogP contribution in [0.4, 0.5) is 20.6 Å². The quantitative estimate of drug-likeness (QED) is 0.480. The number of halogens is 2. The summed E-state index contributed by atoms with van der Waals surface area (Å²) in [6.07, 6.45) is 0. The maximum atomic E-state index is 13.8. The Kier molecular flexibility index (Phi) is 5.20. The normalized spacial score (nSPS) is 10.8. The molecule has 3 aromatic carbocycles. The standard InChI is InChI=1S/C22H16ClFN4O2/c1-13-25-19-8-3-2-5-16(19)21(29)28(13)15-11-9-14(10-12-15)26-22(30)27-20-17(23)6-4-7-18(20)24/h2-12H,1H3,(H2,26,27,30). The molecule has 0 aliphatic rings. The summed E-state index contributed by atoms with van der Waals surface area (Å²) < 4.78 is 15.3. The van der Waals surface area contributed by atoms with Crippen molar-refractivity contribution in [3.63, 3.8) is 0 Å². The van der Waals surface area contributed by atoms with Crippen molar-refractivity contribution in [1.82, 2.24) is 9.55 Å². The molecule has 8 heteroatoms. The lowest BCUT2D eigenvalue weighted by molar-refractivity contribution is 0.262. The predicted octanol–water partition coefficient (Wildman–Crippen LogP) is 5.13. The van der Waals surface area contributed by atoms with Crippen LogP contribution in [0.2, 0.25) is 5.02 Å². The summed E-state index contributed by atoms with van der Waals surface area (Å²) in [4.78, 5) is 29.5. The highest BCUT2D eigenvalue weighted by Gasteiger charge is 2.12. The Morgan fingerprint density at radius 1 is 1.00 bits per heavy atom. The SMILES string of the molecule is Cc1nc2ccccc2c(=O)n1-c1ccc(NC(=O)Nc2c(F)cccc2Cl)cc1. The van der Waals surface area contributed by atoms with E-state index in [-0.39, 0.29) is 16.3 Å². The second-order valence-corrected chi connectivity index (χ2v) is 6.95. The second kappa shape index (κ2) is 7.96. The van der Waals surface area contributed by atoms with Crippen molar-refractivity contribution in [2.45, 2.75) is 6.92 Å². The number of aromatic nitrogens is 2. The number of fused-ring (bicyclic) bond motifs is 1. The number of amides is 2. The number of nitrogens with zero attached hydrogens (tertiary/aromatic N) is 2. The molecular weight excluding hydrogens is 407 g/mol. The number of urea groups is 1. The van der Waals surface area contributed by atoms with Crippen molar-refractivity contribution < 1.29 is 9.18 Å². The molecule has 0 spiro atoms. The number of rotatable bonds is 3. The van der Waals surface area contributed by atoms with Gasteiger partial charge in [0.2, 0.25) is 0 Å². The smallest absolute Gasteiger partial charge is 0.308 e. The van der Waals surface area contributed by atoms with Crippen LogP contribution in [0.5, 0.6) is 0 Å². The fourth-order valence-corrected chi connectivity index (χ4v) is 3.34. The Hall–Kier alpha value is -3.71. The molecule has 0 fully saturated rings. The highest BCUT2D eigenvalue weighted by Crippen LogP contribution is 2.25. The van der Waals surface area contributed by atoms with Gasteiger partial charge in [-0.25, -0.2) is 14.2 Å². The molecule has 1 aromatic heterocycles. The van der Waals surface area contributed by atoms with E-state index < -0.39 is 11.8 Å². The molecule has 4 rings (SSSR count). The molecule has 2 amide bonds. The Morgan fingerprint density at radius 3 is 2.47 bits per heavy atom. The Labute approximate surface area is 175 Å². The fraction of sp³-hybridized carbons (Fsp3) is 0.0455. The minimum atomic E-state index is -0.643. The molecule has 30 heavy (non-hydrogen) atoms. The third-order valence-corrected chi connectivity index (χ3v) is 4.84. The van der Waals surface area contributed by atoms with Crippen LogP contribution in [0, 0.1) is 12.7 Å².